The van der Waals surface area contributed by atoms with Crippen molar-refractivity contribution in [3.05, 3.63) is 53.1 Å². The van der Waals surface area contributed by atoms with Crippen LogP contribution in [-0.2, 0) is 0 Å². The van der Waals surface area contributed by atoms with Crippen molar-refractivity contribution in [3.8, 4) is 11.5 Å². The highest BCUT2D eigenvalue weighted by molar-refractivity contribution is 7.80. The standard InChI is InChI=1S/C21H28N2O2S/c1-6-24-19-11-9-17(13-20(19)25-7-2)16(5)22-21(26)23-18-10-8-14(3)15(4)12-18/h8-13,16H,6-7H2,1-5H3,(H2,22,23,26). The summed E-state index contributed by atoms with van der Waals surface area (Å²) in [7, 11) is 0. The van der Waals surface area contributed by atoms with Gasteiger partial charge in [0.1, 0.15) is 0 Å². The molecule has 2 aromatic carbocycles. The van der Waals surface area contributed by atoms with Gasteiger partial charge in [-0.05, 0) is 87.8 Å². The van der Waals surface area contributed by atoms with E-state index >= 15 is 0 Å². The molecule has 2 aromatic rings. The number of hydrogen-bond donors (Lipinski definition) is 2. The third-order valence-electron chi connectivity index (χ3n) is 4.18. The van der Waals surface area contributed by atoms with Crippen LogP contribution in [0.25, 0.3) is 0 Å². The van der Waals surface area contributed by atoms with E-state index in [1.807, 2.05) is 38.1 Å². The van der Waals surface area contributed by atoms with Crippen LogP contribution in [0.1, 0.15) is 43.5 Å². The van der Waals surface area contributed by atoms with E-state index in [1.54, 1.807) is 0 Å². The van der Waals surface area contributed by atoms with Gasteiger partial charge >= 0.3 is 0 Å². The molecular weight excluding hydrogens is 344 g/mol. The smallest absolute Gasteiger partial charge is 0.171 e. The van der Waals surface area contributed by atoms with Gasteiger partial charge in [0.25, 0.3) is 0 Å². The molecule has 0 aliphatic heterocycles. The highest BCUT2D eigenvalue weighted by Crippen LogP contribution is 2.30. The maximum absolute atomic E-state index is 5.70. The number of anilines is 1. The van der Waals surface area contributed by atoms with Crippen molar-refractivity contribution >= 4 is 23.0 Å². The zero-order valence-corrected chi connectivity index (χ0v) is 17.0. The van der Waals surface area contributed by atoms with Gasteiger partial charge in [-0.3, -0.25) is 0 Å². The normalized spacial score (nSPS) is 11.6. The molecule has 2 rings (SSSR count). The first-order chi connectivity index (χ1) is 12.4. The van der Waals surface area contributed by atoms with Gasteiger partial charge in [-0.1, -0.05) is 12.1 Å². The van der Waals surface area contributed by atoms with Gasteiger partial charge in [-0.2, -0.15) is 0 Å². The van der Waals surface area contributed by atoms with Crippen molar-refractivity contribution in [3.63, 3.8) is 0 Å². The Morgan fingerprint density at radius 2 is 1.65 bits per heavy atom. The predicted octanol–water partition coefficient (Wildman–Crippen LogP) is 5.15. The zero-order valence-electron chi connectivity index (χ0n) is 16.2. The Morgan fingerprint density at radius 1 is 0.962 bits per heavy atom. The van der Waals surface area contributed by atoms with Crippen LogP contribution in [0.3, 0.4) is 0 Å². The van der Waals surface area contributed by atoms with Gasteiger partial charge in [0.15, 0.2) is 16.6 Å². The van der Waals surface area contributed by atoms with Crippen LogP contribution in [0.15, 0.2) is 36.4 Å². The Morgan fingerprint density at radius 3 is 2.31 bits per heavy atom. The molecule has 4 nitrogen and oxygen atoms in total. The van der Waals surface area contributed by atoms with E-state index < -0.39 is 0 Å². The molecule has 0 amide bonds. The molecule has 0 aromatic heterocycles. The topological polar surface area (TPSA) is 42.5 Å². The zero-order chi connectivity index (χ0) is 19.1. The van der Waals surface area contributed by atoms with E-state index in [2.05, 4.69) is 43.5 Å². The van der Waals surface area contributed by atoms with Crippen LogP contribution in [-0.4, -0.2) is 18.3 Å². The lowest BCUT2D eigenvalue weighted by Gasteiger charge is -2.19. The fourth-order valence-electron chi connectivity index (χ4n) is 2.60. The van der Waals surface area contributed by atoms with Crippen molar-refractivity contribution < 1.29 is 9.47 Å². The van der Waals surface area contributed by atoms with Crippen LogP contribution < -0.4 is 20.1 Å². The van der Waals surface area contributed by atoms with E-state index in [0.29, 0.717) is 18.3 Å². The van der Waals surface area contributed by atoms with Crippen molar-refractivity contribution in [1.82, 2.24) is 5.32 Å². The van der Waals surface area contributed by atoms with E-state index in [-0.39, 0.29) is 6.04 Å². The van der Waals surface area contributed by atoms with E-state index in [9.17, 15) is 0 Å². The lowest BCUT2D eigenvalue weighted by Crippen LogP contribution is -2.30. The fourth-order valence-corrected chi connectivity index (χ4v) is 2.90. The van der Waals surface area contributed by atoms with E-state index in [0.717, 1.165) is 22.7 Å². The molecule has 1 unspecified atom stereocenters. The highest BCUT2D eigenvalue weighted by Gasteiger charge is 2.12. The van der Waals surface area contributed by atoms with Crippen molar-refractivity contribution in [2.45, 2.75) is 40.7 Å². The monoisotopic (exact) mass is 372 g/mol. The second kappa shape index (κ2) is 9.43. The average Bonchev–Trinajstić information content (AvgIpc) is 2.60. The summed E-state index contributed by atoms with van der Waals surface area (Å²) in [6, 6.07) is 12.2. The summed E-state index contributed by atoms with van der Waals surface area (Å²) in [4.78, 5) is 0. The first-order valence-corrected chi connectivity index (χ1v) is 9.39. The van der Waals surface area contributed by atoms with E-state index in [1.165, 1.54) is 11.1 Å². The molecule has 0 saturated carbocycles. The average molecular weight is 373 g/mol. The van der Waals surface area contributed by atoms with Crippen LogP contribution in [0.2, 0.25) is 0 Å². The number of hydrogen-bond acceptors (Lipinski definition) is 3. The predicted molar refractivity (Wildman–Crippen MR) is 112 cm³/mol. The molecule has 2 N–H and O–H groups in total. The molecule has 0 saturated heterocycles. The van der Waals surface area contributed by atoms with Crippen molar-refractivity contribution in [2.24, 2.45) is 0 Å². The SMILES string of the molecule is CCOc1ccc(C(C)NC(=S)Nc2ccc(C)c(C)c2)cc1OCC. The molecule has 0 heterocycles. The summed E-state index contributed by atoms with van der Waals surface area (Å²) in [6.07, 6.45) is 0. The molecule has 140 valence electrons. The lowest BCUT2D eigenvalue weighted by molar-refractivity contribution is 0.287. The molecule has 26 heavy (non-hydrogen) atoms. The molecule has 5 heteroatoms. The number of ether oxygens (including phenoxy) is 2. The quantitative estimate of drug-likeness (QED) is 0.658. The van der Waals surface area contributed by atoms with Crippen molar-refractivity contribution in [2.75, 3.05) is 18.5 Å². The number of benzene rings is 2. The first kappa shape index (κ1) is 20.0. The van der Waals surface area contributed by atoms with Gasteiger partial charge in [0.2, 0.25) is 0 Å². The van der Waals surface area contributed by atoms with Crippen LogP contribution in [0.4, 0.5) is 5.69 Å². The molecule has 0 aliphatic carbocycles. The molecule has 0 fully saturated rings. The largest absolute Gasteiger partial charge is 0.490 e. The van der Waals surface area contributed by atoms with Gasteiger partial charge < -0.3 is 20.1 Å². The Hall–Kier alpha value is -2.27. The number of nitrogens with one attached hydrogen (secondary N) is 2. The molecule has 0 radical (unpaired) electrons. The van der Waals surface area contributed by atoms with Crippen molar-refractivity contribution in [1.29, 1.82) is 0 Å². The Kier molecular flexibility index (Phi) is 7.27. The number of thiocarbonyl (C=S) groups is 1. The molecule has 1 atom stereocenters. The summed E-state index contributed by atoms with van der Waals surface area (Å²) in [5, 5.41) is 7.16. The van der Waals surface area contributed by atoms with Crippen LogP contribution in [0, 0.1) is 13.8 Å². The Labute approximate surface area is 161 Å². The van der Waals surface area contributed by atoms with E-state index in [4.69, 9.17) is 21.7 Å². The Balaban J connectivity index is 2.05. The maximum atomic E-state index is 5.70. The summed E-state index contributed by atoms with van der Waals surface area (Å²) in [5.41, 5.74) is 4.57. The summed E-state index contributed by atoms with van der Waals surface area (Å²) < 4.78 is 11.3. The van der Waals surface area contributed by atoms with Gasteiger partial charge in [0.05, 0.1) is 19.3 Å². The second-order valence-electron chi connectivity index (χ2n) is 6.19. The molecular formula is C21H28N2O2S. The Bertz CT molecular complexity index is 762. The minimum absolute atomic E-state index is 0.0384. The summed E-state index contributed by atoms with van der Waals surface area (Å²) >= 11 is 5.46. The van der Waals surface area contributed by atoms with Crippen LogP contribution >= 0.6 is 12.2 Å². The summed E-state index contributed by atoms with van der Waals surface area (Å²) in [5.74, 6) is 1.52. The molecule has 0 aliphatic rings. The minimum Gasteiger partial charge on any atom is -0.490 e. The first-order valence-electron chi connectivity index (χ1n) is 8.98. The summed E-state index contributed by atoms with van der Waals surface area (Å²) in [6.45, 7) is 11.4. The van der Waals surface area contributed by atoms with Crippen LogP contribution in [0.5, 0.6) is 11.5 Å². The lowest BCUT2D eigenvalue weighted by atomic mass is 10.1. The number of aryl methyl sites for hydroxylation is 2. The second-order valence-corrected chi connectivity index (χ2v) is 6.60. The maximum Gasteiger partial charge on any atom is 0.171 e. The molecule has 0 spiro atoms. The third-order valence-corrected chi connectivity index (χ3v) is 4.40. The van der Waals surface area contributed by atoms with Gasteiger partial charge in [0, 0.05) is 5.69 Å². The highest BCUT2D eigenvalue weighted by atomic mass is 32.1. The van der Waals surface area contributed by atoms with Gasteiger partial charge in [-0.15, -0.1) is 0 Å². The third kappa shape index (κ3) is 5.36. The number of rotatable bonds is 7. The fraction of sp³-hybridized carbons (Fsp3) is 0.381. The van der Waals surface area contributed by atoms with Gasteiger partial charge in [-0.25, -0.2) is 0 Å². The minimum atomic E-state index is 0.0384. The molecule has 0 bridgehead atoms.